The van der Waals surface area contributed by atoms with Crippen LogP contribution < -0.4 is 30.0 Å². The van der Waals surface area contributed by atoms with Gasteiger partial charge >= 0.3 is 0 Å². The van der Waals surface area contributed by atoms with Crippen LogP contribution in [0, 0.1) is 0 Å². The molecule has 7 heteroatoms. The van der Waals surface area contributed by atoms with Crippen LogP contribution in [0.1, 0.15) is 10.4 Å². The SMILES string of the molecule is COc1cc(C(=O)Nc2ccc(OCCN)cc2)cc2c1OCCO2. The molecule has 0 fully saturated rings. The van der Waals surface area contributed by atoms with Crippen LogP contribution in [-0.4, -0.2) is 39.4 Å². The minimum absolute atomic E-state index is 0.272. The van der Waals surface area contributed by atoms with Gasteiger partial charge in [0.1, 0.15) is 25.6 Å². The van der Waals surface area contributed by atoms with Crippen LogP contribution in [0.5, 0.6) is 23.0 Å². The van der Waals surface area contributed by atoms with Gasteiger partial charge < -0.3 is 30.0 Å². The quantitative estimate of drug-likeness (QED) is 0.833. The molecule has 1 heterocycles. The number of amides is 1. The molecule has 2 aromatic rings. The zero-order valence-electron chi connectivity index (χ0n) is 13.9. The monoisotopic (exact) mass is 344 g/mol. The lowest BCUT2D eigenvalue weighted by Gasteiger charge is -2.21. The van der Waals surface area contributed by atoms with E-state index in [1.54, 1.807) is 36.4 Å². The van der Waals surface area contributed by atoms with E-state index >= 15 is 0 Å². The molecule has 0 aromatic heterocycles. The third-order valence-electron chi connectivity index (χ3n) is 3.59. The minimum Gasteiger partial charge on any atom is -0.493 e. The minimum atomic E-state index is -0.272. The van der Waals surface area contributed by atoms with Gasteiger partial charge in [-0.05, 0) is 36.4 Å². The molecule has 1 aliphatic rings. The molecule has 0 atom stereocenters. The van der Waals surface area contributed by atoms with E-state index in [1.807, 2.05) is 0 Å². The number of nitrogens with one attached hydrogen (secondary N) is 1. The molecule has 3 N–H and O–H groups in total. The Bertz CT molecular complexity index is 729. The van der Waals surface area contributed by atoms with Gasteiger partial charge in [0, 0.05) is 17.8 Å². The topological polar surface area (TPSA) is 92.0 Å². The fourth-order valence-electron chi connectivity index (χ4n) is 2.42. The lowest BCUT2D eigenvalue weighted by molar-refractivity contribution is 0.102. The molecule has 7 nitrogen and oxygen atoms in total. The highest BCUT2D eigenvalue weighted by molar-refractivity contribution is 6.05. The van der Waals surface area contributed by atoms with Crippen molar-refractivity contribution >= 4 is 11.6 Å². The van der Waals surface area contributed by atoms with Gasteiger partial charge in [-0.15, -0.1) is 0 Å². The van der Waals surface area contributed by atoms with E-state index in [9.17, 15) is 4.79 Å². The van der Waals surface area contributed by atoms with Gasteiger partial charge in [-0.25, -0.2) is 0 Å². The molecule has 0 radical (unpaired) electrons. The van der Waals surface area contributed by atoms with E-state index in [-0.39, 0.29) is 5.91 Å². The number of carbonyl (C=O) groups is 1. The van der Waals surface area contributed by atoms with Gasteiger partial charge in [0.25, 0.3) is 5.91 Å². The zero-order chi connectivity index (χ0) is 17.6. The molecule has 0 bridgehead atoms. The number of fused-ring (bicyclic) bond motifs is 1. The Morgan fingerprint density at radius 2 is 1.96 bits per heavy atom. The molecule has 25 heavy (non-hydrogen) atoms. The molecule has 3 rings (SSSR count). The summed E-state index contributed by atoms with van der Waals surface area (Å²) in [6.45, 7) is 1.78. The normalized spacial score (nSPS) is 12.4. The van der Waals surface area contributed by atoms with Gasteiger partial charge in [-0.1, -0.05) is 0 Å². The summed E-state index contributed by atoms with van der Waals surface area (Å²) >= 11 is 0. The molecule has 0 unspecified atom stereocenters. The maximum atomic E-state index is 12.5. The van der Waals surface area contributed by atoms with Crippen LogP contribution in [0.4, 0.5) is 5.69 Å². The van der Waals surface area contributed by atoms with E-state index in [0.29, 0.717) is 60.6 Å². The maximum absolute atomic E-state index is 12.5. The van der Waals surface area contributed by atoms with Crippen molar-refractivity contribution in [3.8, 4) is 23.0 Å². The third-order valence-corrected chi connectivity index (χ3v) is 3.59. The van der Waals surface area contributed by atoms with Crippen molar-refractivity contribution in [2.24, 2.45) is 5.73 Å². The van der Waals surface area contributed by atoms with Crippen LogP contribution in [0.25, 0.3) is 0 Å². The summed E-state index contributed by atoms with van der Waals surface area (Å²) in [4.78, 5) is 12.5. The highest BCUT2D eigenvalue weighted by atomic mass is 16.6. The third kappa shape index (κ3) is 3.95. The van der Waals surface area contributed by atoms with E-state index in [1.165, 1.54) is 7.11 Å². The summed E-state index contributed by atoms with van der Waals surface area (Å²) < 4.78 is 21.8. The highest BCUT2D eigenvalue weighted by Gasteiger charge is 2.21. The molecule has 0 aliphatic carbocycles. The zero-order valence-corrected chi connectivity index (χ0v) is 13.9. The van der Waals surface area contributed by atoms with Crippen LogP contribution in [0.2, 0.25) is 0 Å². The van der Waals surface area contributed by atoms with Gasteiger partial charge in [-0.3, -0.25) is 4.79 Å². The highest BCUT2D eigenvalue weighted by Crippen LogP contribution is 2.40. The number of methoxy groups -OCH3 is 1. The fourth-order valence-corrected chi connectivity index (χ4v) is 2.42. The lowest BCUT2D eigenvalue weighted by atomic mass is 10.1. The van der Waals surface area contributed by atoms with E-state index in [4.69, 9.17) is 24.7 Å². The summed E-state index contributed by atoms with van der Waals surface area (Å²) in [6.07, 6.45) is 0. The van der Waals surface area contributed by atoms with E-state index < -0.39 is 0 Å². The Hall–Kier alpha value is -2.93. The van der Waals surface area contributed by atoms with Crippen LogP contribution in [0.3, 0.4) is 0 Å². The van der Waals surface area contributed by atoms with Gasteiger partial charge in [0.05, 0.1) is 7.11 Å². The molecular weight excluding hydrogens is 324 g/mol. The lowest BCUT2D eigenvalue weighted by Crippen LogP contribution is -2.18. The van der Waals surface area contributed by atoms with Crippen LogP contribution in [0.15, 0.2) is 36.4 Å². The molecule has 2 aromatic carbocycles. The maximum Gasteiger partial charge on any atom is 0.255 e. The molecule has 132 valence electrons. The predicted molar refractivity (Wildman–Crippen MR) is 92.9 cm³/mol. The fraction of sp³-hybridized carbons (Fsp3) is 0.278. The van der Waals surface area contributed by atoms with Crippen molar-refractivity contribution in [3.63, 3.8) is 0 Å². The Kier molecular flexibility index (Phi) is 5.25. The summed E-state index contributed by atoms with van der Waals surface area (Å²) in [5.74, 6) is 1.91. The molecule has 1 aliphatic heterocycles. The average molecular weight is 344 g/mol. The van der Waals surface area contributed by atoms with Gasteiger partial charge in [0.15, 0.2) is 11.5 Å². The number of ether oxygens (including phenoxy) is 4. The second-order valence-corrected chi connectivity index (χ2v) is 5.32. The standard InChI is InChI=1S/C18H20N2O5/c1-22-15-10-12(11-16-17(15)25-9-8-24-16)18(21)20-13-2-4-14(5-3-13)23-7-6-19/h2-5,10-11H,6-9,19H2,1H3,(H,20,21). The summed E-state index contributed by atoms with van der Waals surface area (Å²) in [5, 5.41) is 2.83. The van der Waals surface area contributed by atoms with E-state index in [2.05, 4.69) is 5.32 Å². The summed E-state index contributed by atoms with van der Waals surface area (Å²) in [6, 6.07) is 10.3. The van der Waals surface area contributed by atoms with Crippen molar-refractivity contribution < 1.29 is 23.7 Å². The Morgan fingerprint density at radius 3 is 2.68 bits per heavy atom. The molecular formula is C18H20N2O5. The van der Waals surface area contributed by atoms with Crippen molar-refractivity contribution in [1.82, 2.24) is 0 Å². The number of carbonyl (C=O) groups excluding carboxylic acids is 1. The molecule has 0 spiro atoms. The Labute approximate surface area is 145 Å². The smallest absolute Gasteiger partial charge is 0.255 e. The van der Waals surface area contributed by atoms with Crippen LogP contribution >= 0.6 is 0 Å². The van der Waals surface area contributed by atoms with Gasteiger partial charge in [0.2, 0.25) is 5.75 Å². The second kappa shape index (κ2) is 7.76. The molecule has 1 amide bonds. The number of nitrogens with two attached hydrogens (primary N) is 1. The van der Waals surface area contributed by atoms with E-state index in [0.717, 1.165) is 0 Å². The first kappa shape index (κ1) is 16.9. The summed E-state index contributed by atoms with van der Waals surface area (Å²) in [7, 11) is 1.52. The van der Waals surface area contributed by atoms with Gasteiger partial charge in [-0.2, -0.15) is 0 Å². The Morgan fingerprint density at radius 1 is 1.20 bits per heavy atom. The molecule has 0 saturated carbocycles. The van der Waals surface area contributed by atoms with Crippen molar-refractivity contribution in [3.05, 3.63) is 42.0 Å². The molecule has 0 saturated heterocycles. The number of anilines is 1. The second-order valence-electron chi connectivity index (χ2n) is 5.32. The number of hydrogen-bond donors (Lipinski definition) is 2. The largest absolute Gasteiger partial charge is 0.493 e. The first-order valence-electron chi connectivity index (χ1n) is 7.93. The first-order chi connectivity index (χ1) is 12.2. The van der Waals surface area contributed by atoms with Crippen LogP contribution in [-0.2, 0) is 0 Å². The number of hydrogen-bond acceptors (Lipinski definition) is 6. The summed E-state index contributed by atoms with van der Waals surface area (Å²) in [5.41, 5.74) is 6.47. The first-order valence-corrected chi connectivity index (χ1v) is 7.93. The average Bonchev–Trinajstić information content (AvgIpc) is 2.66. The predicted octanol–water partition coefficient (Wildman–Crippen LogP) is 2.06. The van der Waals surface area contributed by atoms with Crippen molar-refractivity contribution in [2.45, 2.75) is 0 Å². The Balaban J connectivity index is 1.74. The number of rotatable bonds is 6. The number of benzene rings is 2. The van der Waals surface area contributed by atoms with Crippen molar-refractivity contribution in [2.75, 3.05) is 38.8 Å². The van der Waals surface area contributed by atoms with Crippen molar-refractivity contribution in [1.29, 1.82) is 0 Å².